The highest BCUT2D eigenvalue weighted by molar-refractivity contribution is 9.10. The van der Waals surface area contributed by atoms with Gasteiger partial charge in [-0.25, -0.2) is 0 Å². The van der Waals surface area contributed by atoms with Gasteiger partial charge in [0.2, 0.25) is 0 Å². The second kappa shape index (κ2) is 5.74. The van der Waals surface area contributed by atoms with Crippen molar-refractivity contribution >= 4 is 32.6 Å². The summed E-state index contributed by atoms with van der Waals surface area (Å²) < 4.78 is 8.11. The molecule has 1 heterocycles. The zero-order chi connectivity index (χ0) is 14.8. The van der Waals surface area contributed by atoms with Crippen LogP contribution >= 0.6 is 15.9 Å². The number of benzene rings is 2. The first-order chi connectivity index (χ1) is 10.2. The Morgan fingerprint density at radius 2 is 1.90 bits per heavy atom. The highest BCUT2D eigenvalue weighted by atomic mass is 79.9. The number of fused-ring (bicyclic) bond motifs is 1. The Labute approximate surface area is 131 Å². The number of aromatic nitrogens is 1. The summed E-state index contributed by atoms with van der Waals surface area (Å²) in [5, 5.41) is 1.12. The van der Waals surface area contributed by atoms with E-state index in [2.05, 4.69) is 15.9 Å². The summed E-state index contributed by atoms with van der Waals surface area (Å²) in [6.45, 7) is 0.331. The number of halogens is 1. The minimum absolute atomic E-state index is 0.0815. The summed E-state index contributed by atoms with van der Waals surface area (Å²) in [7, 11) is 1.61. The molecule has 0 aliphatic rings. The molecule has 0 spiro atoms. The summed E-state index contributed by atoms with van der Waals surface area (Å²) in [4.78, 5) is 12.4. The molecule has 0 atom stereocenters. The lowest BCUT2D eigenvalue weighted by Crippen LogP contribution is -2.09. The fourth-order valence-electron chi connectivity index (χ4n) is 2.33. The van der Waals surface area contributed by atoms with E-state index in [1.54, 1.807) is 31.4 Å². The van der Waals surface area contributed by atoms with Gasteiger partial charge in [-0.05, 0) is 48.5 Å². The first kappa shape index (κ1) is 13.9. The van der Waals surface area contributed by atoms with Crippen molar-refractivity contribution in [1.29, 1.82) is 0 Å². The van der Waals surface area contributed by atoms with Gasteiger partial charge in [-0.1, -0.05) is 15.9 Å². The minimum atomic E-state index is 0.0815. The minimum Gasteiger partial charge on any atom is -0.497 e. The molecule has 0 amide bonds. The fraction of sp³-hybridized carbons (Fsp3) is 0.118. The van der Waals surface area contributed by atoms with Crippen LogP contribution in [0.25, 0.3) is 10.9 Å². The molecule has 2 aromatic carbocycles. The summed E-state index contributed by atoms with van der Waals surface area (Å²) >= 11 is 3.45. The zero-order valence-corrected chi connectivity index (χ0v) is 13.1. The van der Waals surface area contributed by atoms with Crippen LogP contribution in [0, 0.1) is 0 Å². The van der Waals surface area contributed by atoms with Crippen LogP contribution in [0.3, 0.4) is 0 Å². The number of methoxy groups -OCH3 is 1. The quantitative estimate of drug-likeness (QED) is 0.661. The number of hydrogen-bond acceptors (Lipinski definition) is 2. The van der Waals surface area contributed by atoms with Crippen LogP contribution in [0.5, 0.6) is 5.75 Å². The van der Waals surface area contributed by atoms with Crippen molar-refractivity contribution in [2.45, 2.75) is 6.54 Å². The number of hydrogen-bond donors (Lipinski definition) is 0. The molecule has 3 aromatic rings. The molecule has 21 heavy (non-hydrogen) atoms. The van der Waals surface area contributed by atoms with Crippen molar-refractivity contribution in [3.05, 3.63) is 64.8 Å². The van der Waals surface area contributed by atoms with E-state index in [-0.39, 0.29) is 5.78 Å². The Bertz CT molecular complexity index is 790. The standard InChI is InChI=1S/C17H14BrNO2/c1-21-15-5-2-12(3-6-15)17(20)11-19-9-8-13-10-14(18)4-7-16(13)19/h2-10H,11H2,1H3. The van der Waals surface area contributed by atoms with Crippen LogP contribution in [0.15, 0.2) is 59.2 Å². The lowest BCUT2D eigenvalue weighted by atomic mass is 10.1. The van der Waals surface area contributed by atoms with Gasteiger partial charge in [-0.15, -0.1) is 0 Å². The molecule has 4 heteroatoms. The number of ketones is 1. The number of Topliss-reactive ketones (excluding diaryl/α,β-unsaturated/α-hetero) is 1. The van der Waals surface area contributed by atoms with Crippen LogP contribution in [-0.4, -0.2) is 17.5 Å². The molecule has 0 saturated carbocycles. The van der Waals surface area contributed by atoms with E-state index in [0.29, 0.717) is 12.1 Å². The molecule has 0 aliphatic heterocycles. The first-order valence-electron chi connectivity index (χ1n) is 6.59. The van der Waals surface area contributed by atoms with Crippen molar-refractivity contribution in [2.75, 3.05) is 7.11 Å². The molecule has 3 rings (SSSR count). The van der Waals surface area contributed by atoms with Gasteiger partial charge >= 0.3 is 0 Å². The fourth-order valence-corrected chi connectivity index (χ4v) is 2.71. The molecule has 0 saturated heterocycles. The molecule has 1 aromatic heterocycles. The van der Waals surface area contributed by atoms with Crippen LogP contribution in [0.1, 0.15) is 10.4 Å². The maximum Gasteiger partial charge on any atom is 0.182 e. The van der Waals surface area contributed by atoms with Crippen molar-refractivity contribution in [1.82, 2.24) is 4.57 Å². The van der Waals surface area contributed by atoms with E-state index < -0.39 is 0 Å². The largest absolute Gasteiger partial charge is 0.497 e. The Morgan fingerprint density at radius 1 is 1.14 bits per heavy atom. The van der Waals surface area contributed by atoms with Gasteiger partial charge in [0.25, 0.3) is 0 Å². The van der Waals surface area contributed by atoms with E-state index in [4.69, 9.17) is 4.74 Å². The normalized spacial score (nSPS) is 10.8. The van der Waals surface area contributed by atoms with Crippen LogP contribution in [0.2, 0.25) is 0 Å². The van der Waals surface area contributed by atoms with Crippen molar-refractivity contribution in [2.24, 2.45) is 0 Å². The third kappa shape index (κ3) is 2.85. The number of rotatable bonds is 4. The lowest BCUT2D eigenvalue weighted by Gasteiger charge is -2.06. The van der Waals surface area contributed by atoms with Gasteiger partial charge in [0.15, 0.2) is 5.78 Å². The number of ether oxygens (including phenoxy) is 1. The third-order valence-corrected chi connectivity index (χ3v) is 3.95. The predicted octanol–water partition coefficient (Wildman–Crippen LogP) is 4.30. The molecule has 0 N–H and O–H groups in total. The van der Waals surface area contributed by atoms with Gasteiger partial charge in [-0.3, -0.25) is 4.79 Å². The average Bonchev–Trinajstić information content (AvgIpc) is 2.89. The smallest absolute Gasteiger partial charge is 0.182 e. The monoisotopic (exact) mass is 343 g/mol. The van der Waals surface area contributed by atoms with E-state index in [1.807, 2.05) is 35.0 Å². The summed E-state index contributed by atoms with van der Waals surface area (Å²) in [5.74, 6) is 0.834. The van der Waals surface area contributed by atoms with Crippen molar-refractivity contribution < 1.29 is 9.53 Å². The second-order valence-corrected chi connectivity index (χ2v) is 5.71. The number of carbonyl (C=O) groups is 1. The molecule has 3 nitrogen and oxygen atoms in total. The van der Waals surface area contributed by atoms with Crippen LogP contribution in [0.4, 0.5) is 0 Å². The predicted molar refractivity (Wildman–Crippen MR) is 87.0 cm³/mol. The van der Waals surface area contributed by atoms with Crippen LogP contribution in [-0.2, 0) is 6.54 Å². The molecule has 0 fully saturated rings. The third-order valence-electron chi connectivity index (χ3n) is 3.46. The molecule has 0 unspecified atom stereocenters. The van der Waals surface area contributed by atoms with E-state index in [1.165, 1.54) is 0 Å². The molecule has 0 aliphatic carbocycles. The molecular formula is C17H14BrNO2. The summed E-state index contributed by atoms with van der Waals surface area (Å²) in [6, 6.07) is 15.3. The Balaban J connectivity index is 1.85. The van der Waals surface area contributed by atoms with Gasteiger partial charge in [-0.2, -0.15) is 0 Å². The second-order valence-electron chi connectivity index (χ2n) is 4.80. The van der Waals surface area contributed by atoms with Gasteiger partial charge in [0.1, 0.15) is 5.75 Å². The van der Waals surface area contributed by atoms with Crippen molar-refractivity contribution in [3.63, 3.8) is 0 Å². The van der Waals surface area contributed by atoms with Gasteiger partial charge < -0.3 is 9.30 Å². The maximum absolute atomic E-state index is 12.4. The summed E-state index contributed by atoms with van der Waals surface area (Å²) in [5.41, 5.74) is 1.75. The van der Waals surface area contributed by atoms with E-state index >= 15 is 0 Å². The lowest BCUT2D eigenvalue weighted by molar-refractivity contribution is 0.0973. The Kier molecular flexibility index (Phi) is 3.80. The molecule has 106 valence electrons. The number of carbonyl (C=O) groups excluding carboxylic acids is 1. The first-order valence-corrected chi connectivity index (χ1v) is 7.38. The molecule has 0 radical (unpaired) electrons. The van der Waals surface area contributed by atoms with Crippen molar-refractivity contribution in [3.8, 4) is 5.75 Å². The highest BCUT2D eigenvalue weighted by Gasteiger charge is 2.09. The highest BCUT2D eigenvalue weighted by Crippen LogP contribution is 2.21. The van der Waals surface area contributed by atoms with E-state index in [0.717, 1.165) is 21.1 Å². The topological polar surface area (TPSA) is 31.2 Å². The van der Waals surface area contributed by atoms with Gasteiger partial charge in [0, 0.05) is 27.1 Å². The Morgan fingerprint density at radius 3 is 2.62 bits per heavy atom. The average molecular weight is 344 g/mol. The zero-order valence-electron chi connectivity index (χ0n) is 11.5. The van der Waals surface area contributed by atoms with E-state index in [9.17, 15) is 4.79 Å². The van der Waals surface area contributed by atoms with Gasteiger partial charge in [0.05, 0.1) is 13.7 Å². The number of nitrogens with zero attached hydrogens (tertiary/aromatic N) is 1. The summed E-state index contributed by atoms with van der Waals surface area (Å²) in [6.07, 6.45) is 1.94. The molecular weight excluding hydrogens is 330 g/mol. The SMILES string of the molecule is COc1ccc(C(=O)Cn2ccc3cc(Br)ccc32)cc1. The van der Waals surface area contributed by atoms with Crippen LogP contribution < -0.4 is 4.74 Å². The molecule has 0 bridgehead atoms. The Hall–Kier alpha value is -2.07. The maximum atomic E-state index is 12.4.